The molecule has 9 heavy (non-hydrogen) atoms. The van der Waals surface area contributed by atoms with Gasteiger partial charge in [0.2, 0.25) is 0 Å². The second-order valence-corrected chi connectivity index (χ2v) is 2.26. The van der Waals surface area contributed by atoms with Gasteiger partial charge in [-0.25, -0.2) is 0 Å². The zero-order valence-electron chi connectivity index (χ0n) is 6.40. The van der Waals surface area contributed by atoms with Gasteiger partial charge in [-0.3, -0.25) is 0 Å². The van der Waals surface area contributed by atoms with Crippen LogP contribution in [0.15, 0.2) is 12.2 Å². The van der Waals surface area contributed by atoms with Crippen molar-refractivity contribution in [1.29, 1.82) is 0 Å². The van der Waals surface area contributed by atoms with Gasteiger partial charge >= 0.3 is 0 Å². The van der Waals surface area contributed by atoms with Crippen LogP contribution in [-0.2, 0) is 0 Å². The number of hydrogen-bond acceptors (Lipinski definition) is 0. The maximum absolute atomic E-state index is 3.72. The van der Waals surface area contributed by atoms with Crippen molar-refractivity contribution in [2.45, 2.75) is 39.0 Å². The molecule has 0 spiro atoms. The molecule has 0 bridgehead atoms. The summed E-state index contributed by atoms with van der Waals surface area (Å²) in [6.07, 6.45) is 10.6. The minimum atomic E-state index is 0.937. The molecule has 0 saturated carbocycles. The van der Waals surface area contributed by atoms with E-state index in [4.69, 9.17) is 0 Å². The molecule has 0 aliphatic heterocycles. The first-order valence-electron chi connectivity index (χ1n) is 3.86. The minimum absolute atomic E-state index is 0.937. The van der Waals surface area contributed by atoms with Crippen LogP contribution in [-0.4, -0.2) is 0 Å². The third kappa shape index (κ3) is 7.74. The van der Waals surface area contributed by atoms with Crippen molar-refractivity contribution in [2.24, 2.45) is 0 Å². The first-order valence-corrected chi connectivity index (χ1v) is 3.86. The van der Waals surface area contributed by atoms with Crippen molar-refractivity contribution in [3.05, 3.63) is 19.1 Å². The van der Waals surface area contributed by atoms with Crippen LogP contribution < -0.4 is 0 Å². The summed E-state index contributed by atoms with van der Waals surface area (Å²) in [6.45, 7) is 5.94. The van der Waals surface area contributed by atoms with E-state index < -0.39 is 0 Å². The molecule has 0 rings (SSSR count). The van der Waals surface area contributed by atoms with E-state index in [-0.39, 0.29) is 0 Å². The van der Waals surface area contributed by atoms with Crippen LogP contribution in [0.5, 0.6) is 0 Å². The molecule has 0 aromatic rings. The molecule has 0 atom stereocenters. The highest BCUT2D eigenvalue weighted by Crippen LogP contribution is 1.99. The van der Waals surface area contributed by atoms with Crippen LogP contribution in [0.3, 0.4) is 0 Å². The fourth-order valence-electron chi connectivity index (χ4n) is 0.748. The second-order valence-electron chi connectivity index (χ2n) is 2.26. The largest absolute Gasteiger partial charge is 0.0885 e. The van der Waals surface area contributed by atoms with E-state index in [0.29, 0.717) is 0 Å². The van der Waals surface area contributed by atoms with Gasteiger partial charge in [0.05, 0.1) is 0 Å². The highest BCUT2D eigenvalue weighted by atomic mass is 13.9. The van der Waals surface area contributed by atoms with Crippen LogP contribution in [0.4, 0.5) is 0 Å². The Morgan fingerprint density at radius 1 is 1.22 bits per heavy atom. The van der Waals surface area contributed by atoms with E-state index >= 15 is 0 Å². The predicted molar refractivity (Wildman–Crippen MR) is 43.3 cm³/mol. The highest BCUT2D eigenvalue weighted by Gasteiger charge is 1.79. The zero-order chi connectivity index (χ0) is 6.95. The summed E-state index contributed by atoms with van der Waals surface area (Å²) in [5, 5.41) is 0. The summed E-state index contributed by atoms with van der Waals surface area (Å²) < 4.78 is 0. The molecular weight excluding hydrogens is 108 g/mol. The quantitative estimate of drug-likeness (QED) is 0.390. The molecule has 0 N–H and O–H groups in total. The Kier molecular flexibility index (Phi) is 7.52. The van der Waals surface area contributed by atoms with E-state index in [1.165, 1.54) is 25.7 Å². The van der Waals surface area contributed by atoms with Crippen LogP contribution in [0.2, 0.25) is 0 Å². The SMILES string of the molecule is [CH2]CC=CCCCCC. The van der Waals surface area contributed by atoms with Crippen LogP contribution in [0.25, 0.3) is 0 Å². The Morgan fingerprint density at radius 2 is 2.00 bits per heavy atom. The van der Waals surface area contributed by atoms with Gasteiger partial charge in [-0.1, -0.05) is 31.9 Å². The lowest BCUT2D eigenvalue weighted by Gasteiger charge is -1.89. The van der Waals surface area contributed by atoms with Crippen molar-refractivity contribution in [2.75, 3.05) is 0 Å². The summed E-state index contributed by atoms with van der Waals surface area (Å²) in [5.41, 5.74) is 0. The molecule has 0 aliphatic carbocycles. The molecule has 0 aliphatic rings. The zero-order valence-corrected chi connectivity index (χ0v) is 6.40. The van der Waals surface area contributed by atoms with Gasteiger partial charge in [-0.15, -0.1) is 0 Å². The molecule has 0 amide bonds. The Bertz CT molecular complexity index is 62.4. The Morgan fingerprint density at radius 3 is 2.56 bits per heavy atom. The Labute approximate surface area is 59.0 Å². The molecule has 0 heteroatoms. The summed E-state index contributed by atoms with van der Waals surface area (Å²) in [6, 6.07) is 0. The first kappa shape index (κ1) is 8.74. The number of allylic oxidation sites excluding steroid dienone is 2. The monoisotopic (exact) mass is 125 g/mol. The molecule has 0 aromatic carbocycles. The van der Waals surface area contributed by atoms with Crippen molar-refractivity contribution in [3.8, 4) is 0 Å². The first-order chi connectivity index (χ1) is 4.41. The van der Waals surface area contributed by atoms with Crippen molar-refractivity contribution in [1.82, 2.24) is 0 Å². The van der Waals surface area contributed by atoms with Crippen molar-refractivity contribution < 1.29 is 0 Å². The summed E-state index contributed by atoms with van der Waals surface area (Å²) in [4.78, 5) is 0. The number of rotatable bonds is 5. The van der Waals surface area contributed by atoms with Crippen LogP contribution >= 0.6 is 0 Å². The Balaban J connectivity index is 2.82. The summed E-state index contributed by atoms with van der Waals surface area (Å²) in [7, 11) is 0. The lowest BCUT2D eigenvalue weighted by molar-refractivity contribution is 0.728. The molecule has 0 saturated heterocycles. The van der Waals surface area contributed by atoms with Gasteiger partial charge in [0, 0.05) is 0 Å². The van der Waals surface area contributed by atoms with E-state index in [9.17, 15) is 0 Å². The molecule has 0 unspecified atom stereocenters. The van der Waals surface area contributed by atoms with E-state index in [0.717, 1.165) is 6.42 Å². The van der Waals surface area contributed by atoms with Crippen molar-refractivity contribution >= 4 is 0 Å². The van der Waals surface area contributed by atoms with Gasteiger partial charge in [0.1, 0.15) is 0 Å². The second kappa shape index (κ2) is 7.74. The maximum atomic E-state index is 3.72. The average Bonchev–Trinajstić information content (AvgIpc) is 1.89. The van der Waals surface area contributed by atoms with Crippen molar-refractivity contribution in [3.63, 3.8) is 0 Å². The summed E-state index contributed by atoms with van der Waals surface area (Å²) >= 11 is 0. The maximum Gasteiger partial charge on any atom is -0.0351 e. The molecule has 0 heterocycles. The molecule has 0 aromatic heterocycles. The minimum Gasteiger partial charge on any atom is -0.0885 e. The fourth-order valence-corrected chi connectivity index (χ4v) is 0.748. The smallest absolute Gasteiger partial charge is 0.0351 e. The molecule has 0 nitrogen and oxygen atoms in total. The molecule has 1 radical (unpaired) electrons. The van der Waals surface area contributed by atoms with Gasteiger partial charge in [0.25, 0.3) is 0 Å². The average molecular weight is 125 g/mol. The van der Waals surface area contributed by atoms with Gasteiger partial charge < -0.3 is 0 Å². The highest BCUT2D eigenvalue weighted by molar-refractivity contribution is 4.81. The lowest BCUT2D eigenvalue weighted by atomic mass is 10.2. The lowest BCUT2D eigenvalue weighted by Crippen LogP contribution is -1.69. The number of hydrogen-bond donors (Lipinski definition) is 0. The summed E-state index contributed by atoms with van der Waals surface area (Å²) in [5.74, 6) is 0. The Hall–Kier alpha value is -0.260. The van der Waals surface area contributed by atoms with E-state index in [2.05, 4.69) is 26.0 Å². The topological polar surface area (TPSA) is 0 Å². The van der Waals surface area contributed by atoms with E-state index in [1.54, 1.807) is 0 Å². The van der Waals surface area contributed by atoms with Crippen LogP contribution in [0.1, 0.15) is 39.0 Å². The van der Waals surface area contributed by atoms with Gasteiger partial charge in [-0.2, -0.15) is 0 Å². The number of unbranched alkanes of at least 4 members (excludes halogenated alkanes) is 3. The normalized spacial score (nSPS) is 10.9. The molecule has 53 valence electrons. The standard InChI is InChI=1S/C9H17/c1-3-5-7-9-8-6-4-2/h5,7H,1,3-4,6,8-9H2,2H3. The third-order valence-corrected chi connectivity index (χ3v) is 1.31. The van der Waals surface area contributed by atoms with E-state index in [1.807, 2.05) is 0 Å². The molecule has 0 fully saturated rings. The van der Waals surface area contributed by atoms with Gasteiger partial charge in [-0.05, 0) is 26.2 Å². The van der Waals surface area contributed by atoms with Crippen LogP contribution in [0, 0.1) is 6.92 Å². The molecular formula is C9H17. The van der Waals surface area contributed by atoms with Gasteiger partial charge in [0.15, 0.2) is 0 Å². The third-order valence-electron chi connectivity index (χ3n) is 1.31. The fraction of sp³-hybridized carbons (Fsp3) is 0.667. The predicted octanol–water partition coefficient (Wildman–Crippen LogP) is 3.35.